The molecule has 2 saturated carbocycles. The smallest absolute Gasteiger partial charge is 0.322 e. The molecule has 3 rings (SSSR count). The van der Waals surface area contributed by atoms with Crippen molar-refractivity contribution in [2.75, 3.05) is 6.54 Å². The predicted molar refractivity (Wildman–Crippen MR) is 109 cm³/mol. The molecule has 0 heterocycles. The van der Waals surface area contributed by atoms with Crippen LogP contribution in [0, 0.1) is 22.7 Å². The Kier molecular flexibility index (Phi) is 5.50. The van der Waals surface area contributed by atoms with Crippen molar-refractivity contribution in [2.24, 2.45) is 22.7 Å². The van der Waals surface area contributed by atoms with Crippen molar-refractivity contribution in [3.05, 3.63) is 35.3 Å². The lowest BCUT2D eigenvalue weighted by molar-refractivity contribution is -0.135. The fraction of sp³-hybridized carbons (Fsp3) is 0.609. The van der Waals surface area contributed by atoms with Crippen molar-refractivity contribution in [1.29, 1.82) is 0 Å². The van der Waals surface area contributed by atoms with Crippen molar-refractivity contribution in [3.8, 4) is 0 Å². The zero-order valence-electron chi connectivity index (χ0n) is 17.5. The van der Waals surface area contributed by atoms with Gasteiger partial charge in [0.05, 0.1) is 5.70 Å². The van der Waals surface area contributed by atoms with Crippen molar-refractivity contribution in [3.63, 3.8) is 0 Å². The number of rotatable bonds is 5. The number of allylic oxidation sites excluding steroid dienone is 3. The van der Waals surface area contributed by atoms with E-state index in [1.165, 1.54) is 5.57 Å². The molecule has 29 heavy (non-hydrogen) atoms. The van der Waals surface area contributed by atoms with E-state index in [4.69, 9.17) is 5.11 Å². The molecule has 0 radical (unpaired) electrons. The van der Waals surface area contributed by atoms with Crippen LogP contribution in [0.25, 0.3) is 0 Å². The van der Waals surface area contributed by atoms with E-state index in [1.54, 1.807) is 0 Å². The molecule has 0 aromatic carbocycles. The third-order valence-electron chi connectivity index (χ3n) is 7.87. The van der Waals surface area contributed by atoms with Crippen LogP contribution in [-0.4, -0.2) is 34.3 Å². The number of fused-ring (bicyclic) bond motifs is 1. The quantitative estimate of drug-likeness (QED) is 0.479. The number of carboxylic acid groups (broad SMARTS) is 1. The van der Waals surface area contributed by atoms with Crippen molar-refractivity contribution < 1.29 is 24.6 Å². The van der Waals surface area contributed by atoms with Gasteiger partial charge in [0, 0.05) is 11.6 Å². The molecule has 3 aliphatic rings. The second-order valence-electron chi connectivity index (χ2n) is 9.41. The number of carboxylic acids is 1. The number of carbonyl (C=O) groups is 3. The first-order valence-electron chi connectivity index (χ1n) is 10.4. The lowest BCUT2D eigenvalue weighted by atomic mass is 9.46. The third-order valence-corrected chi connectivity index (χ3v) is 7.87. The van der Waals surface area contributed by atoms with Crippen molar-refractivity contribution in [1.82, 2.24) is 5.32 Å². The minimum atomic E-state index is -1.13. The van der Waals surface area contributed by atoms with E-state index in [-0.39, 0.29) is 22.1 Å². The molecule has 3 aliphatic carbocycles. The summed E-state index contributed by atoms with van der Waals surface area (Å²) in [5.41, 5.74) is 1.02. The summed E-state index contributed by atoms with van der Waals surface area (Å²) in [6.07, 6.45) is 6.47. The molecular weight excluding hydrogens is 370 g/mol. The number of aliphatic carboxylic acids is 1. The monoisotopic (exact) mass is 401 g/mol. The molecule has 4 atom stereocenters. The Hall–Kier alpha value is -2.37. The molecule has 0 aromatic heterocycles. The second kappa shape index (κ2) is 7.47. The Morgan fingerprint density at radius 2 is 2.00 bits per heavy atom. The van der Waals surface area contributed by atoms with Gasteiger partial charge in [-0.1, -0.05) is 32.9 Å². The summed E-state index contributed by atoms with van der Waals surface area (Å²) in [5.74, 6) is -2.16. The molecule has 0 spiro atoms. The lowest BCUT2D eigenvalue weighted by Gasteiger charge is -2.59. The van der Waals surface area contributed by atoms with Crippen LogP contribution in [0.3, 0.4) is 0 Å². The minimum Gasteiger partial charge on any atom is -0.504 e. The Balaban J connectivity index is 1.94. The van der Waals surface area contributed by atoms with E-state index < -0.39 is 29.8 Å². The van der Waals surface area contributed by atoms with Gasteiger partial charge in [-0.25, -0.2) is 0 Å². The highest BCUT2D eigenvalue weighted by Crippen LogP contribution is 2.63. The number of nitrogens with one attached hydrogen (secondary N) is 1. The maximum atomic E-state index is 13.0. The molecule has 3 N–H and O–H groups in total. The highest BCUT2D eigenvalue weighted by Gasteiger charge is 2.54. The minimum absolute atomic E-state index is 0.00234. The third kappa shape index (κ3) is 3.53. The van der Waals surface area contributed by atoms with E-state index in [0.29, 0.717) is 18.3 Å². The van der Waals surface area contributed by atoms with Crippen LogP contribution < -0.4 is 5.32 Å². The van der Waals surface area contributed by atoms with Crippen molar-refractivity contribution in [2.45, 2.75) is 59.3 Å². The van der Waals surface area contributed by atoms with Gasteiger partial charge < -0.3 is 15.5 Å². The summed E-state index contributed by atoms with van der Waals surface area (Å²) >= 11 is 0. The number of Topliss-reactive ketones (excluding diaryl/α,β-unsaturated/α-hetero) is 1. The average molecular weight is 402 g/mol. The average Bonchev–Trinajstić information content (AvgIpc) is 2.66. The zero-order valence-corrected chi connectivity index (χ0v) is 17.5. The molecule has 2 fully saturated rings. The summed E-state index contributed by atoms with van der Waals surface area (Å²) in [5, 5.41) is 21.8. The number of hydrogen-bond donors (Lipinski definition) is 3. The summed E-state index contributed by atoms with van der Waals surface area (Å²) in [6.45, 7) is 10.5. The molecule has 0 bridgehead atoms. The molecule has 4 unspecified atom stereocenters. The molecular formula is C23H31NO5. The Morgan fingerprint density at radius 1 is 1.31 bits per heavy atom. The molecule has 0 saturated heterocycles. The fourth-order valence-corrected chi connectivity index (χ4v) is 5.80. The summed E-state index contributed by atoms with van der Waals surface area (Å²) in [7, 11) is 0. The van der Waals surface area contributed by atoms with Crippen LogP contribution in [0.2, 0.25) is 0 Å². The van der Waals surface area contributed by atoms with Crippen LogP contribution in [-0.2, 0) is 14.4 Å². The summed E-state index contributed by atoms with van der Waals surface area (Å²) < 4.78 is 0. The number of aliphatic hydroxyl groups is 1. The van der Waals surface area contributed by atoms with E-state index in [0.717, 1.165) is 38.2 Å². The lowest BCUT2D eigenvalue weighted by Crippen LogP contribution is -2.51. The van der Waals surface area contributed by atoms with Gasteiger partial charge in [-0.05, 0) is 61.2 Å². The Morgan fingerprint density at radius 3 is 2.66 bits per heavy atom. The van der Waals surface area contributed by atoms with Gasteiger partial charge >= 0.3 is 5.97 Å². The van der Waals surface area contributed by atoms with Gasteiger partial charge in [0.25, 0.3) is 0 Å². The molecule has 158 valence electrons. The van der Waals surface area contributed by atoms with Crippen LogP contribution in [0.15, 0.2) is 35.3 Å². The SMILES string of the molecule is C=C1CCCC2C1(C)CCC(C)C2(C)CC1=C(O)C(=O)C=C(NCC(=O)O)C1=O. The van der Waals surface area contributed by atoms with Gasteiger partial charge in [-0.2, -0.15) is 0 Å². The highest BCUT2D eigenvalue weighted by molar-refractivity contribution is 6.21. The fourth-order valence-electron chi connectivity index (χ4n) is 5.80. The molecule has 6 nitrogen and oxygen atoms in total. The van der Waals surface area contributed by atoms with E-state index in [9.17, 15) is 19.5 Å². The topological polar surface area (TPSA) is 104 Å². The van der Waals surface area contributed by atoms with Crippen LogP contribution in [0.1, 0.15) is 59.3 Å². The van der Waals surface area contributed by atoms with Crippen LogP contribution >= 0.6 is 0 Å². The first-order chi connectivity index (χ1) is 13.5. The standard InChI is InChI=1S/C23H31NO5/c1-13-6-5-7-18-22(13,3)9-8-14(2)23(18,4)11-15-20(28)16(24-12-19(26)27)10-17(25)21(15)29/h10,14,18,24,29H,1,5-9,11-12H2,2-4H3,(H,26,27). The van der Waals surface area contributed by atoms with E-state index in [1.807, 2.05) is 0 Å². The normalized spacial score (nSPS) is 35.3. The maximum Gasteiger partial charge on any atom is 0.322 e. The van der Waals surface area contributed by atoms with Gasteiger partial charge in [-0.15, -0.1) is 0 Å². The summed E-state index contributed by atoms with van der Waals surface area (Å²) in [6, 6.07) is 0. The molecule has 0 aliphatic heterocycles. The Bertz CT molecular complexity index is 838. The van der Waals surface area contributed by atoms with Crippen molar-refractivity contribution >= 4 is 17.5 Å². The molecule has 0 aromatic rings. The zero-order chi connectivity index (χ0) is 21.6. The van der Waals surface area contributed by atoms with Crippen LogP contribution in [0.5, 0.6) is 0 Å². The largest absolute Gasteiger partial charge is 0.504 e. The van der Waals surface area contributed by atoms with E-state index >= 15 is 0 Å². The number of aliphatic hydroxyl groups excluding tert-OH is 1. The summed E-state index contributed by atoms with van der Waals surface area (Å²) in [4.78, 5) is 36.2. The van der Waals surface area contributed by atoms with Crippen LogP contribution in [0.4, 0.5) is 0 Å². The van der Waals surface area contributed by atoms with Gasteiger partial charge in [0.1, 0.15) is 6.54 Å². The molecule has 6 heteroatoms. The second-order valence-corrected chi connectivity index (χ2v) is 9.41. The van der Waals surface area contributed by atoms with Gasteiger partial charge in [0.15, 0.2) is 5.76 Å². The number of hydrogen-bond acceptors (Lipinski definition) is 5. The number of carbonyl (C=O) groups excluding carboxylic acids is 2. The maximum absolute atomic E-state index is 13.0. The first-order valence-corrected chi connectivity index (χ1v) is 10.4. The number of ketones is 2. The van der Waals surface area contributed by atoms with Gasteiger partial charge in [0.2, 0.25) is 11.6 Å². The van der Waals surface area contributed by atoms with E-state index in [2.05, 4.69) is 32.7 Å². The first kappa shape index (κ1) is 21.3. The Labute approximate surface area is 171 Å². The predicted octanol–water partition coefficient (Wildman–Crippen LogP) is 3.70. The van der Waals surface area contributed by atoms with Gasteiger partial charge in [-0.3, -0.25) is 14.4 Å². The molecule has 0 amide bonds. The highest BCUT2D eigenvalue weighted by atomic mass is 16.4.